The summed E-state index contributed by atoms with van der Waals surface area (Å²) in [7, 11) is 0. The van der Waals surface area contributed by atoms with Crippen LogP contribution in [0.15, 0.2) is 34.7 Å². The summed E-state index contributed by atoms with van der Waals surface area (Å²) in [6.45, 7) is 4.31. The number of aromatic nitrogens is 1. The van der Waals surface area contributed by atoms with E-state index in [0.29, 0.717) is 11.6 Å². The maximum Gasteiger partial charge on any atom is 0.290 e. The Kier molecular flexibility index (Phi) is 5.41. The number of amides is 1. The first-order valence-electron chi connectivity index (χ1n) is 8.59. The fraction of sp³-hybridized carbons (Fsp3) is 0.421. The van der Waals surface area contributed by atoms with Gasteiger partial charge in [-0.1, -0.05) is 44.5 Å². The van der Waals surface area contributed by atoms with Gasteiger partial charge in [0, 0.05) is 16.7 Å². The van der Waals surface area contributed by atoms with Crippen molar-refractivity contribution in [3.63, 3.8) is 0 Å². The molecule has 5 heteroatoms. The van der Waals surface area contributed by atoms with E-state index in [2.05, 4.69) is 53.6 Å². The average Bonchev–Trinajstić information content (AvgIpc) is 3.11. The molecule has 1 aliphatic rings. The van der Waals surface area contributed by atoms with Crippen LogP contribution in [-0.4, -0.2) is 16.6 Å². The first kappa shape index (κ1) is 16.8. The summed E-state index contributed by atoms with van der Waals surface area (Å²) in [4.78, 5) is 16.7. The number of hydrogen-bond donors (Lipinski definition) is 1. The van der Waals surface area contributed by atoms with Gasteiger partial charge in [-0.25, -0.2) is 10.4 Å². The Morgan fingerprint density at radius 1 is 1.33 bits per heavy atom. The highest BCUT2D eigenvalue weighted by molar-refractivity contribution is 7.13. The topological polar surface area (TPSA) is 54.4 Å². The van der Waals surface area contributed by atoms with Crippen molar-refractivity contribution in [2.45, 2.75) is 46.0 Å². The molecule has 0 saturated heterocycles. The van der Waals surface area contributed by atoms with Gasteiger partial charge < -0.3 is 0 Å². The molecule has 0 aliphatic heterocycles. The summed E-state index contributed by atoms with van der Waals surface area (Å²) in [5.74, 6) is 0.232. The molecule has 0 unspecified atom stereocenters. The smallest absolute Gasteiger partial charge is 0.266 e. The Morgan fingerprint density at radius 2 is 2.12 bits per heavy atom. The van der Waals surface area contributed by atoms with E-state index in [1.165, 1.54) is 23.3 Å². The maximum atomic E-state index is 12.3. The minimum atomic E-state index is -0.229. The lowest BCUT2D eigenvalue weighted by Crippen LogP contribution is -2.24. The van der Waals surface area contributed by atoms with Crippen molar-refractivity contribution in [3.8, 4) is 10.6 Å². The van der Waals surface area contributed by atoms with Crippen LogP contribution < -0.4 is 5.43 Å². The van der Waals surface area contributed by atoms with Crippen LogP contribution in [0.1, 0.15) is 55.6 Å². The van der Waals surface area contributed by atoms with Crippen molar-refractivity contribution >= 4 is 23.0 Å². The number of carbonyl (C=O) groups is 1. The third kappa shape index (κ3) is 3.90. The molecular formula is C19H23N3OS. The first-order valence-corrected chi connectivity index (χ1v) is 9.47. The number of benzene rings is 1. The normalized spacial score (nSPS) is 19.4. The lowest BCUT2D eigenvalue weighted by Gasteiger charge is -2.19. The fourth-order valence-electron chi connectivity index (χ4n) is 2.91. The molecular weight excluding hydrogens is 318 g/mol. The molecule has 126 valence electrons. The van der Waals surface area contributed by atoms with Crippen LogP contribution in [0.2, 0.25) is 0 Å². The largest absolute Gasteiger partial charge is 0.290 e. The zero-order valence-corrected chi connectivity index (χ0v) is 15.0. The Balaban J connectivity index is 1.68. The summed E-state index contributed by atoms with van der Waals surface area (Å²) >= 11 is 1.49. The Labute approximate surface area is 147 Å². The van der Waals surface area contributed by atoms with Crippen molar-refractivity contribution in [1.82, 2.24) is 10.4 Å². The zero-order valence-electron chi connectivity index (χ0n) is 14.2. The van der Waals surface area contributed by atoms with Gasteiger partial charge >= 0.3 is 0 Å². The molecule has 3 rings (SSSR count). The summed E-state index contributed by atoms with van der Waals surface area (Å²) < 4.78 is 0. The lowest BCUT2D eigenvalue weighted by atomic mass is 9.89. The van der Waals surface area contributed by atoms with Gasteiger partial charge in [0.15, 0.2) is 0 Å². The molecule has 0 radical (unpaired) electrons. The molecule has 1 amide bonds. The van der Waals surface area contributed by atoms with Crippen LogP contribution in [0, 0.1) is 5.92 Å². The Bertz CT molecular complexity index is 733. The van der Waals surface area contributed by atoms with Crippen LogP contribution in [0.4, 0.5) is 0 Å². The molecule has 4 nitrogen and oxygen atoms in total. The second kappa shape index (κ2) is 7.71. The molecule has 1 heterocycles. The van der Waals surface area contributed by atoms with E-state index in [9.17, 15) is 4.79 Å². The van der Waals surface area contributed by atoms with Gasteiger partial charge in [0.2, 0.25) is 0 Å². The summed E-state index contributed by atoms with van der Waals surface area (Å²) in [5.41, 5.74) is 6.55. The fourth-order valence-corrected chi connectivity index (χ4v) is 3.72. The third-order valence-corrected chi connectivity index (χ3v) is 5.43. The number of hydrazone groups is 1. The molecule has 1 N–H and O–H groups in total. The lowest BCUT2D eigenvalue weighted by molar-refractivity contribution is 0.0950. The van der Waals surface area contributed by atoms with Crippen molar-refractivity contribution in [2.24, 2.45) is 11.0 Å². The van der Waals surface area contributed by atoms with Crippen LogP contribution in [0.5, 0.6) is 0 Å². The molecule has 1 fully saturated rings. The quantitative estimate of drug-likeness (QED) is 0.822. The Morgan fingerprint density at radius 3 is 2.83 bits per heavy atom. The van der Waals surface area contributed by atoms with Gasteiger partial charge in [0.05, 0.1) is 0 Å². The highest BCUT2D eigenvalue weighted by atomic mass is 32.1. The second-order valence-electron chi connectivity index (χ2n) is 6.28. The van der Waals surface area contributed by atoms with E-state index in [0.717, 1.165) is 42.0 Å². The average molecular weight is 341 g/mol. The first-order chi connectivity index (χ1) is 11.7. The van der Waals surface area contributed by atoms with Crippen molar-refractivity contribution in [3.05, 3.63) is 40.9 Å². The van der Waals surface area contributed by atoms with Gasteiger partial charge in [0.1, 0.15) is 10.7 Å². The molecule has 24 heavy (non-hydrogen) atoms. The summed E-state index contributed by atoms with van der Waals surface area (Å²) in [5, 5.41) is 6.98. The number of hydrogen-bond acceptors (Lipinski definition) is 4. The van der Waals surface area contributed by atoms with Crippen LogP contribution in [0.3, 0.4) is 0 Å². The number of thiazole rings is 1. The van der Waals surface area contributed by atoms with Gasteiger partial charge in [-0.15, -0.1) is 11.3 Å². The number of carbonyl (C=O) groups excluding carboxylic acids is 1. The van der Waals surface area contributed by atoms with Gasteiger partial charge in [0.25, 0.3) is 5.91 Å². The third-order valence-electron chi connectivity index (χ3n) is 4.54. The second-order valence-corrected chi connectivity index (χ2v) is 7.14. The van der Waals surface area contributed by atoms with Crippen LogP contribution in [-0.2, 0) is 6.42 Å². The predicted octanol–water partition coefficient (Wildman–Crippen LogP) is 4.67. The standard InChI is InChI=1S/C19H23N3OS/c1-3-14-8-10-15(11-9-14)19-20-17(12-24-19)18(23)22-21-16-7-5-4-6-13(16)2/h8-13H,3-7H2,1-2H3,(H,22,23)/b21-16-/t13-/m1/s1. The van der Waals surface area contributed by atoms with E-state index in [-0.39, 0.29) is 5.91 Å². The number of rotatable bonds is 4. The highest BCUT2D eigenvalue weighted by Crippen LogP contribution is 2.24. The molecule has 2 aromatic rings. The van der Waals surface area contributed by atoms with Gasteiger partial charge in [-0.05, 0) is 37.2 Å². The van der Waals surface area contributed by atoms with Crippen molar-refractivity contribution < 1.29 is 4.79 Å². The van der Waals surface area contributed by atoms with Crippen molar-refractivity contribution in [2.75, 3.05) is 0 Å². The summed E-state index contributed by atoms with van der Waals surface area (Å²) in [6.07, 6.45) is 5.56. The molecule has 1 aliphatic carbocycles. The van der Waals surface area contributed by atoms with Crippen LogP contribution >= 0.6 is 11.3 Å². The minimum absolute atomic E-state index is 0.229. The maximum absolute atomic E-state index is 12.3. The number of nitrogens with one attached hydrogen (secondary N) is 1. The van der Waals surface area contributed by atoms with E-state index in [1.54, 1.807) is 5.38 Å². The highest BCUT2D eigenvalue weighted by Gasteiger charge is 2.17. The summed E-state index contributed by atoms with van der Waals surface area (Å²) in [6, 6.07) is 8.33. The predicted molar refractivity (Wildman–Crippen MR) is 99.5 cm³/mol. The molecule has 1 aromatic heterocycles. The molecule has 0 spiro atoms. The number of nitrogens with zero attached hydrogens (tertiary/aromatic N) is 2. The molecule has 0 bridgehead atoms. The zero-order chi connectivity index (χ0) is 16.9. The monoisotopic (exact) mass is 341 g/mol. The minimum Gasteiger partial charge on any atom is -0.266 e. The SMILES string of the molecule is CCc1ccc(-c2nc(C(=O)N/N=C3/CCCC[C@H]3C)cs2)cc1. The Hall–Kier alpha value is -2.01. The number of aryl methyl sites for hydroxylation is 1. The van der Waals surface area contributed by atoms with Crippen molar-refractivity contribution in [1.29, 1.82) is 0 Å². The van der Waals surface area contributed by atoms with E-state index in [1.807, 2.05) is 0 Å². The van der Waals surface area contributed by atoms with E-state index < -0.39 is 0 Å². The van der Waals surface area contributed by atoms with E-state index in [4.69, 9.17) is 0 Å². The van der Waals surface area contributed by atoms with E-state index >= 15 is 0 Å². The molecule has 1 atom stereocenters. The molecule has 1 saturated carbocycles. The molecule has 1 aromatic carbocycles. The van der Waals surface area contributed by atoms with Gasteiger partial charge in [-0.2, -0.15) is 5.10 Å². The van der Waals surface area contributed by atoms with Gasteiger partial charge in [-0.3, -0.25) is 4.79 Å². The van der Waals surface area contributed by atoms with Crippen LogP contribution in [0.25, 0.3) is 10.6 Å².